The van der Waals surface area contributed by atoms with Crippen molar-refractivity contribution in [2.24, 2.45) is 5.92 Å². The van der Waals surface area contributed by atoms with Gasteiger partial charge in [-0.25, -0.2) is 0 Å². The van der Waals surface area contributed by atoms with Gasteiger partial charge in [-0.15, -0.1) is 0 Å². The number of likely N-dealkylation sites (N-methyl/N-ethyl adjacent to an activating group) is 1. The number of carbonyl (C=O) groups excluding carboxylic acids is 1. The number of nitrogens with zero attached hydrogens (tertiary/aromatic N) is 1. The molecule has 0 saturated carbocycles. The number of nitrogens with one attached hydrogen (secondary N) is 1. The molecule has 1 amide bonds. The molecule has 0 aliphatic carbocycles. The van der Waals surface area contributed by atoms with Gasteiger partial charge in [0.05, 0.1) is 5.41 Å². The van der Waals surface area contributed by atoms with Crippen LogP contribution in [0.5, 0.6) is 0 Å². The zero-order valence-electron chi connectivity index (χ0n) is 16.3. The zero-order valence-corrected chi connectivity index (χ0v) is 16.3. The maximum Gasteiger partial charge on any atom is 0.230 e. The fourth-order valence-corrected chi connectivity index (χ4v) is 3.84. The molecule has 2 aromatic carbocycles. The van der Waals surface area contributed by atoms with Crippen molar-refractivity contribution in [2.75, 3.05) is 27.2 Å². The number of rotatable bonds is 8. The molecule has 0 saturated heterocycles. The van der Waals surface area contributed by atoms with Crippen molar-refractivity contribution < 1.29 is 4.79 Å². The second kappa shape index (κ2) is 8.48. The molecular formula is C22H32N2O. The van der Waals surface area contributed by atoms with Gasteiger partial charge in [0.25, 0.3) is 0 Å². The summed E-state index contributed by atoms with van der Waals surface area (Å²) in [7, 11) is 4.17. The van der Waals surface area contributed by atoms with Gasteiger partial charge in [-0.1, -0.05) is 56.3 Å². The van der Waals surface area contributed by atoms with Crippen molar-refractivity contribution in [1.82, 2.24) is 10.2 Å². The Kier molecular flexibility index (Phi) is 6.60. The SMILES string of the molecule is CCNC(=O)C(CCCN(C)C)(c1cccc2ccccc12)C(C)C. The summed E-state index contributed by atoms with van der Waals surface area (Å²) < 4.78 is 0. The Hall–Kier alpha value is -1.87. The lowest BCUT2D eigenvalue weighted by Gasteiger charge is -2.38. The Labute approximate surface area is 152 Å². The Bertz CT molecular complexity index is 703. The van der Waals surface area contributed by atoms with Crippen molar-refractivity contribution >= 4 is 16.7 Å². The van der Waals surface area contributed by atoms with Crippen LogP contribution >= 0.6 is 0 Å². The number of fused-ring (bicyclic) bond motifs is 1. The number of carbonyl (C=O) groups is 1. The van der Waals surface area contributed by atoms with Crippen molar-refractivity contribution in [1.29, 1.82) is 0 Å². The molecule has 136 valence electrons. The van der Waals surface area contributed by atoms with Gasteiger partial charge < -0.3 is 10.2 Å². The minimum absolute atomic E-state index is 0.153. The summed E-state index contributed by atoms with van der Waals surface area (Å²) in [5.41, 5.74) is 0.651. The highest BCUT2D eigenvalue weighted by atomic mass is 16.2. The number of amides is 1. The number of hydrogen-bond acceptors (Lipinski definition) is 2. The fraction of sp³-hybridized carbons (Fsp3) is 0.500. The third-order valence-electron chi connectivity index (χ3n) is 5.17. The van der Waals surface area contributed by atoms with Crippen LogP contribution in [-0.4, -0.2) is 38.0 Å². The van der Waals surface area contributed by atoms with Gasteiger partial charge in [0, 0.05) is 6.54 Å². The smallest absolute Gasteiger partial charge is 0.230 e. The molecule has 0 bridgehead atoms. The average molecular weight is 341 g/mol. The first-order valence-corrected chi connectivity index (χ1v) is 9.34. The van der Waals surface area contributed by atoms with E-state index in [9.17, 15) is 4.79 Å². The van der Waals surface area contributed by atoms with Crippen LogP contribution in [0.3, 0.4) is 0 Å². The first kappa shape index (κ1) is 19.5. The summed E-state index contributed by atoms with van der Waals surface area (Å²) in [4.78, 5) is 15.5. The third kappa shape index (κ3) is 4.04. The molecule has 0 aromatic heterocycles. The minimum Gasteiger partial charge on any atom is -0.356 e. The Morgan fingerprint density at radius 1 is 1.12 bits per heavy atom. The predicted molar refractivity (Wildman–Crippen MR) is 107 cm³/mol. The van der Waals surface area contributed by atoms with E-state index >= 15 is 0 Å². The Morgan fingerprint density at radius 2 is 1.80 bits per heavy atom. The summed E-state index contributed by atoms with van der Waals surface area (Å²) >= 11 is 0. The second-order valence-corrected chi connectivity index (χ2v) is 7.42. The summed E-state index contributed by atoms with van der Waals surface area (Å²) in [5.74, 6) is 0.368. The quantitative estimate of drug-likeness (QED) is 0.780. The summed E-state index contributed by atoms with van der Waals surface area (Å²) in [6.07, 6.45) is 1.84. The van der Waals surface area contributed by atoms with E-state index in [4.69, 9.17) is 0 Å². The van der Waals surface area contributed by atoms with Crippen LogP contribution in [0.4, 0.5) is 0 Å². The molecule has 0 heterocycles. The van der Waals surface area contributed by atoms with Crippen LogP contribution in [0.2, 0.25) is 0 Å². The van der Waals surface area contributed by atoms with Gasteiger partial charge in [0.2, 0.25) is 5.91 Å². The number of hydrogen-bond donors (Lipinski definition) is 1. The van der Waals surface area contributed by atoms with Crippen LogP contribution in [0.15, 0.2) is 42.5 Å². The molecule has 3 heteroatoms. The van der Waals surface area contributed by atoms with E-state index in [0.717, 1.165) is 24.9 Å². The van der Waals surface area contributed by atoms with E-state index in [2.05, 4.69) is 80.6 Å². The van der Waals surface area contributed by atoms with E-state index in [0.29, 0.717) is 6.54 Å². The van der Waals surface area contributed by atoms with Crippen molar-refractivity contribution in [3.8, 4) is 0 Å². The summed E-state index contributed by atoms with van der Waals surface area (Å²) in [6.45, 7) is 7.98. The number of benzene rings is 2. The summed E-state index contributed by atoms with van der Waals surface area (Å²) in [5, 5.41) is 5.50. The van der Waals surface area contributed by atoms with Gasteiger partial charge in [-0.3, -0.25) is 4.79 Å². The average Bonchev–Trinajstić information content (AvgIpc) is 2.58. The van der Waals surface area contributed by atoms with E-state index < -0.39 is 5.41 Å². The standard InChI is InChI=1S/C22H32N2O/c1-6-23-21(25)22(17(2)3,15-10-16-24(4)5)20-14-9-12-18-11-7-8-13-19(18)20/h7-9,11-14,17H,6,10,15-16H2,1-5H3,(H,23,25). The molecular weight excluding hydrogens is 308 g/mol. The maximum atomic E-state index is 13.3. The molecule has 3 nitrogen and oxygen atoms in total. The second-order valence-electron chi connectivity index (χ2n) is 7.42. The van der Waals surface area contributed by atoms with Crippen molar-refractivity contribution in [3.63, 3.8) is 0 Å². The largest absolute Gasteiger partial charge is 0.356 e. The molecule has 1 unspecified atom stereocenters. The van der Waals surface area contributed by atoms with Gasteiger partial charge in [0.15, 0.2) is 0 Å². The van der Waals surface area contributed by atoms with Crippen molar-refractivity contribution in [3.05, 3.63) is 48.0 Å². The predicted octanol–water partition coefficient (Wildman–Crippen LogP) is 4.21. The van der Waals surface area contributed by atoms with Crippen LogP contribution in [0, 0.1) is 5.92 Å². The first-order valence-electron chi connectivity index (χ1n) is 9.34. The Morgan fingerprint density at radius 3 is 2.44 bits per heavy atom. The van der Waals surface area contributed by atoms with Crippen LogP contribution < -0.4 is 5.32 Å². The topological polar surface area (TPSA) is 32.3 Å². The normalized spacial score (nSPS) is 14.0. The third-order valence-corrected chi connectivity index (χ3v) is 5.17. The lowest BCUT2D eigenvalue weighted by atomic mass is 9.66. The lowest BCUT2D eigenvalue weighted by Crippen LogP contribution is -2.48. The van der Waals surface area contributed by atoms with E-state index in [1.807, 2.05) is 6.92 Å². The van der Waals surface area contributed by atoms with Crippen LogP contribution in [-0.2, 0) is 10.2 Å². The van der Waals surface area contributed by atoms with Gasteiger partial charge in [0.1, 0.15) is 0 Å². The van der Waals surface area contributed by atoms with Crippen LogP contribution in [0.25, 0.3) is 10.8 Å². The van der Waals surface area contributed by atoms with Gasteiger partial charge in [-0.2, -0.15) is 0 Å². The highest BCUT2D eigenvalue weighted by Crippen LogP contribution is 2.41. The fourth-order valence-electron chi connectivity index (χ4n) is 3.84. The van der Waals surface area contributed by atoms with E-state index in [1.54, 1.807) is 0 Å². The zero-order chi connectivity index (χ0) is 18.4. The molecule has 0 aliphatic heterocycles. The van der Waals surface area contributed by atoms with Crippen molar-refractivity contribution in [2.45, 2.75) is 39.0 Å². The Balaban J connectivity index is 2.60. The monoisotopic (exact) mass is 340 g/mol. The molecule has 0 fully saturated rings. The van der Waals surface area contributed by atoms with E-state index in [-0.39, 0.29) is 11.8 Å². The molecule has 0 spiro atoms. The van der Waals surface area contributed by atoms with Gasteiger partial charge >= 0.3 is 0 Å². The maximum absolute atomic E-state index is 13.3. The molecule has 0 radical (unpaired) electrons. The highest BCUT2D eigenvalue weighted by Gasteiger charge is 2.43. The molecule has 1 N–H and O–H groups in total. The van der Waals surface area contributed by atoms with Crippen LogP contribution in [0.1, 0.15) is 39.2 Å². The minimum atomic E-state index is -0.507. The van der Waals surface area contributed by atoms with E-state index in [1.165, 1.54) is 10.8 Å². The molecule has 2 rings (SSSR count). The lowest BCUT2D eigenvalue weighted by molar-refractivity contribution is -0.128. The van der Waals surface area contributed by atoms with Gasteiger partial charge in [-0.05, 0) is 62.7 Å². The summed E-state index contributed by atoms with van der Waals surface area (Å²) in [6, 6.07) is 14.7. The molecule has 1 atom stereocenters. The first-order chi connectivity index (χ1) is 11.9. The molecule has 25 heavy (non-hydrogen) atoms. The molecule has 2 aromatic rings. The molecule has 0 aliphatic rings. The highest BCUT2D eigenvalue weighted by molar-refractivity contribution is 5.96.